The van der Waals surface area contributed by atoms with E-state index in [1.807, 2.05) is 69.2 Å². The van der Waals surface area contributed by atoms with Crippen molar-refractivity contribution in [2.45, 2.75) is 498 Å². The van der Waals surface area contributed by atoms with Crippen molar-refractivity contribution in [3.63, 3.8) is 0 Å². The molecule has 0 radical (unpaired) electrons. The van der Waals surface area contributed by atoms with E-state index in [0.29, 0.717) is 51.2 Å². The Morgan fingerprint density at radius 2 is 0.462 bits per heavy atom. The van der Waals surface area contributed by atoms with E-state index < -0.39 is 0 Å². The molecule has 5 atom stereocenters. The molecule has 5 aromatic rings. The number of rotatable bonds is 45. The van der Waals surface area contributed by atoms with Crippen molar-refractivity contribution >= 4 is 0 Å². The van der Waals surface area contributed by atoms with E-state index in [2.05, 4.69) is 369 Å². The van der Waals surface area contributed by atoms with Crippen LogP contribution in [0.4, 0.5) is 0 Å². The topological polar surface area (TPSA) is 0 Å². The lowest BCUT2D eigenvalue weighted by Gasteiger charge is -2.33. The highest BCUT2D eigenvalue weighted by Crippen LogP contribution is 2.45. The highest BCUT2D eigenvalue weighted by Gasteiger charge is 2.29. The summed E-state index contributed by atoms with van der Waals surface area (Å²) in [6.45, 7) is 81.9. The molecule has 0 aromatic heterocycles. The molecule has 5 unspecified atom stereocenters. The van der Waals surface area contributed by atoms with Crippen LogP contribution in [0.3, 0.4) is 0 Å². The molecule has 0 aliphatic heterocycles. The molecule has 0 spiro atoms. The van der Waals surface area contributed by atoms with Gasteiger partial charge in [0.1, 0.15) is 0 Å². The van der Waals surface area contributed by atoms with E-state index in [4.69, 9.17) is 0 Å². The molecule has 688 valence electrons. The standard InChI is InChI=1S/C32H42.C25H46.C24H34.C19H36.3C3H8.5C2H6/c1-5-16-29(26-17-10-7-11-18-26)23-30(27-19-12-8-13-20-27)24-31(25-32(3,4)6-2)28-21-14-9-15-22-28;1-8-12-16-23(9-2)18-14-19-24(10-3)17-13-15-22(5)20-21-25(6,7)11-4;1-5-13-22(20-14-9-7-10-15-20)18-23(19-24(3,4)6-2)21-16-11-8-12-17-21;1-7-10-13-18(8-2)14-11-12-17(4)15-16-19(5,6)9-3;3*1-3-2;5*1-2/h7-15,17-22,29-31H,5-6,16,23-25H2,1-4H3;15-16,19H,8-14,17-18,20-21H2,1-7H3;7-12,14-17,22-23H,5-6,13,18-19H2,1-4H3;12-13H,7-11,14-16H2,1-6H3;3*3H2,1-2H3;5*1-2H3/b;22-15+,23-16+,24-19+;;17-12+,18-13+;;;;;;;;. The summed E-state index contributed by atoms with van der Waals surface area (Å²) in [4.78, 5) is 0. The van der Waals surface area contributed by atoms with Crippen LogP contribution < -0.4 is 0 Å². The van der Waals surface area contributed by atoms with E-state index in [1.165, 1.54) is 240 Å². The number of benzene rings is 5. The molecule has 0 aliphatic carbocycles. The van der Waals surface area contributed by atoms with Crippen LogP contribution in [0.25, 0.3) is 0 Å². The normalized spacial score (nSPS) is 12.8. The van der Waals surface area contributed by atoms with Crippen molar-refractivity contribution < 1.29 is 0 Å². The summed E-state index contributed by atoms with van der Waals surface area (Å²) in [6, 6.07) is 56.0. The molecule has 0 saturated heterocycles. The first-order chi connectivity index (χ1) is 57.1. The van der Waals surface area contributed by atoms with Gasteiger partial charge in [0.15, 0.2) is 0 Å². The molecule has 0 heteroatoms. The number of hydrogen-bond donors (Lipinski definition) is 0. The van der Waals surface area contributed by atoms with Gasteiger partial charge in [0, 0.05) is 0 Å². The third-order valence-corrected chi connectivity index (χ3v) is 22.8. The van der Waals surface area contributed by atoms with Gasteiger partial charge in [-0.3, -0.25) is 0 Å². The Morgan fingerprint density at radius 3 is 0.689 bits per heavy atom. The number of allylic oxidation sites excluding steroid dienone is 10. The zero-order chi connectivity index (χ0) is 92.2. The molecule has 5 aromatic carbocycles. The van der Waals surface area contributed by atoms with Gasteiger partial charge in [0.25, 0.3) is 0 Å². The van der Waals surface area contributed by atoms with Crippen molar-refractivity contribution in [1.82, 2.24) is 0 Å². The second-order valence-corrected chi connectivity index (χ2v) is 35.4. The lowest BCUT2D eigenvalue weighted by Crippen LogP contribution is -2.18. The first kappa shape index (κ1) is 127. The molecule has 0 N–H and O–H groups in total. The van der Waals surface area contributed by atoms with Crippen LogP contribution in [0.1, 0.15) is 525 Å². The molecule has 0 aliphatic rings. The Balaban J connectivity index is -0.000000265. The Morgan fingerprint density at radius 1 is 0.252 bits per heavy atom. The zero-order valence-corrected chi connectivity index (χ0v) is 87.5. The highest BCUT2D eigenvalue weighted by atomic mass is 14.3. The van der Waals surface area contributed by atoms with Gasteiger partial charge in [-0.05, 0) is 234 Å². The first-order valence-electron chi connectivity index (χ1n) is 50.7. The van der Waals surface area contributed by atoms with E-state index in [-0.39, 0.29) is 0 Å². The third-order valence-electron chi connectivity index (χ3n) is 22.8. The summed E-state index contributed by atoms with van der Waals surface area (Å²) in [5.41, 5.74) is 17.3. The van der Waals surface area contributed by atoms with E-state index in [1.54, 1.807) is 27.9 Å². The summed E-state index contributed by atoms with van der Waals surface area (Å²) >= 11 is 0. The van der Waals surface area contributed by atoms with Gasteiger partial charge >= 0.3 is 0 Å². The van der Waals surface area contributed by atoms with E-state index >= 15 is 0 Å². The molecular formula is C119H212. The van der Waals surface area contributed by atoms with Crippen LogP contribution in [-0.2, 0) is 0 Å². The highest BCUT2D eigenvalue weighted by molar-refractivity contribution is 5.28. The minimum atomic E-state index is 0.351. The maximum absolute atomic E-state index is 2.51. The molecule has 119 heavy (non-hydrogen) atoms. The SMILES string of the molecule is CC.CC.CC.CC.CC.CCC.CCC.CCC.CCC/C=C(\CC)CC/C=C(\C)CCC(C)(C)CC.CCC/C=C(\CC)CC/C=C(\CC)CC/C=C(\C)CCC(C)(C)CC.CCCC(CC(CC(C)(C)CC)c1ccccc1)c1ccccc1.CCCC(CC(CC(CC(C)(C)CC)c1ccccc1)c1ccccc1)c1ccccc1. The van der Waals surface area contributed by atoms with Crippen molar-refractivity contribution in [1.29, 1.82) is 0 Å². The Bertz CT molecular complexity index is 2970. The lowest BCUT2D eigenvalue weighted by atomic mass is 9.72. The van der Waals surface area contributed by atoms with Crippen LogP contribution in [-0.4, -0.2) is 0 Å². The van der Waals surface area contributed by atoms with Gasteiger partial charge in [-0.2, -0.15) is 0 Å². The van der Waals surface area contributed by atoms with Gasteiger partial charge in [-0.25, -0.2) is 0 Å². The van der Waals surface area contributed by atoms with Gasteiger partial charge < -0.3 is 0 Å². The maximum Gasteiger partial charge on any atom is -0.0150 e. The second-order valence-electron chi connectivity index (χ2n) is 35.4. The zero-order valence-electron chi connectivity index (χ0n) is 87.5. The fourth-order valence-corrected chi connectivity index (χ4v) is 13.9. The molecule has 0 bridgehead atoms. The van der Waals surface area contributed by atoms with Crippen molar-refractivity contribution in [2.75, 3.05) is 0 Å². The van der Waals surface area contributed by atoms with Crippen LogP contribution in [0.2, 0.25) is 0 Å². The van der Waals surface area contributed by atoms with Crippen molar-refractivity contribution in [3.05, 3.63) is 238 Å². The molecule has 0 fully saturated rings. The fourth-order valence-electron chi connectivity index (χ4n) is 13.9. The second kappa shape index (κ2) is 87.7. The summed E-state index contributed by atoms with van der Waals surface area (Å²) in [7, 11) is 0. The van der Waals surface area contributed by atoms with Crippen LogP contribution in [0.5, 0.6) is 0 Å². The Labute approximate surface area is 752 Å². The minimum Gasteiger partial charge on any atom is -0.0853 e. The van der Waals surface area contributed by atoms with Crippen LogP contribution >= 0.6 is 0 Å². The average molecular weight is 1640 g/mol. The van der Waals surface area contributed by atoms with Crippen molar-refractivity contribution in [2.24, 2.45) is 21.7 Å². The van der Waals surface area contributed by atoms with Gasteiger partial charge in [0.2, 0.25) is 0 Å². The molecule has 0 amide bonds. The average Bonchev–Trinajstić information content (AvgIpc) is 0.835. The number of unbranched alkanes of at least 4 members (excludes halogenated alkanes) is 2. The molecule has 0 nitrogen and oxygen atoms in total. The Kier molecular flexibility index (Phi) is 93.5. The third kappa shape index (κ3) is 71.9. The first-order valence-corrected chi connectivity index (χ1v) is 50.7. The van der Waals surface area contributed by atoms with Crippen LogP contribution in [0.15, 0.2) is 210 Å². The van der Waals surface area contributed by atoms with Gasteiger partial charge in [0.05, 0.1) is 0 Å². The lowest BCUT2D eigenvalue weighted by molar-refractivity contribution is 0.276. The Hall–Kier alpha value is -5.20. The summed E-state index contributed by atoms with van der Waals surface area (Å²) in [5, 5.41) is 0. The molecule has 0 heterocycles. The monoisotopic (exact) mass is 1640 g/mol. The van der Waals surface area contributed by atoms with Gasteiger partial charge in [-0.15, -0.1) is 0 Å². The summed E-state index contributed by atoms with van der Waals surface area (Å²) in [5.74, 6) is 3.05. The quantitative estimate of drug-likeness (QED) is 0.0341. The predicted molar refractivity (Wildman–Crippen MR) is 558 cm³/mol. The fraction of sp³-hybridized carbons (Fsp3) is 0.664. The smallest absolute Gasteiger partial charge is 0.0150 e. The van der Waals surface area contributed by atoms with E-state index in [9.17, 15) is 0 Å². The van der Waals surface area contributed by atoms with Gasteiger partial charge in [-0.1, -0.05) is 523 Å². The summed E-state index contributed by atoms with van der Waals surface area (Å²) in [6.07, 6.45) is 53.5. The molecule has 0 saturated carbocycles. The molecule has 5 rings (SSSR count). The van der Waals surface area contributed by atoms with Crippen molar-refractivity contribution in [3.8, 4) is 0 Å². The minimum absolute atomic E-state index is 0.351. The number of hydrogen-bond acceptors (Lipinski definition) is 0. The van der Waals surface area contributed by atoms with Crippen LogP contribution in [0, 0.1) is 21.7 Å². The largest absolute Gasteiger partial charge is 0.0853 e. The molecular weight excluding hydrogens is 1430 g/mol. The summed E-state index contributed by atoms with van der Waals surface area (Å²) < 4.78 is 0. The van der Waals surface area contributed by atoms with E-state index in [0.717, 1.165) is 0 Å². The predicted octanol–water partition coefficient (Wildman–Crippen LogP) is 42.9. The maximum atomic E-state index is 2.51.